The van der Waals surface area contributed by atoms with Gasteiger partial charge in [0.25, 0.3) is 0 Å². The summed E-state index contributed by atoms with van der Waals surface area (Å²) in [7, 11) is 1.82. The zero-order valence-electron chi connectivity index (χ0n) is 15.9. The van der Waals surface area contributed by atoms with Gasteiger partial charge in [0.15, 0.2) is 5.96 Å². The second-order valence-corrected chi connectivity index (χ2v) is 8.25. The standard InChI is InChI=1S/C20H30N4S/c1-15(2)17(16-8-6-10-22-12-16)13-23-19(21-5)24-14-20(3,4)18-9-7-11-25-18/h6-12,15,17H,13-14H2,1-5H3,(H2,21,23,24). The van der Waals surface area contributed by atoms with Gasteiger partial charge in [0.1, 0.15) is 0 Å². The Balaban J connectivity index is 1.93. The molecule has 0 amide bonds. The van der Waals surface area contributed by atoms with Crippen molar-refractivity contribution >= 4 is 17.3 Å². The zero-order valence-corrected chi connectivity index (χ0v) is 16.7. The predicted octanol–water partition coefficient (Wildman–Crippen LogP) is 4.03. The highest BCUT2D eigenvalue weighted by molar-refractivity contribution is 7.10. The molecule has 136 valence electrons. The van der Waals surface area contributed by atoms with Crippen LogP contribution in [0.4, 0.5) is 0 Å². The number of aromatic nitrogens is 1. The summed E-state index contributed by atoms with van der Waals surface area (Å²) in [5.74, 6) is 1.77. The monoisotopic (exact) mass is 358 g/mol. The molecule has 0 aromatic carbocycles. The summed E-state index contributed by atoms with van der Waals surface area (Å²) in [4.78, 5) is 10.0. The molecule has 2 aromatic heterocycles. The molecule has 0 fully saturated rings. The molecule has 2 heterocycles. The van der Waals surface area contributed by atoms with Crippen LogP contribution in [-0.4, -0.2) is 31.1 Å². The highest BCUT2D eigenvalue weighted by atomic mass is 32.1. The molecule has 0 bridgehead atoms. The molecule has 0 radical (unpaired) electrons. The van der Waals surface area contributed by atoms with E-state index in [0.717, 1.165) is 19.0 Å². The molecule has 1 atom stereocenters. The minimum absolute atomic E-state index is 0.0760. The molecule has 0 spiro atoms. The van der Waals surface area contributed by atoms with E-state index in [1.54, 1.807) is 11.3 Å². The molecule has 0 saturated heterocycles. The smallest absolute Gasteiger partial charge is 0.191 e. The van der Waals surface area contributed by atoms with Crippen LogP contribution in [-0.2, 0) is 5.41 Å². The van der Waals surface area contributed by atoms with Gasteiger partial charge in [-0.05, 0) is 29.0 Å². The van der Waals surface area contributed by atoms with E-state index in [1.807, 2.05) is 25.5 Å². The van der Waals surface area contributed by atoms with Crippen molar-refractivity contribution < 1.29 is 0 Å². The van der Waals surface area contributed by atoms with Crippen molar-refractivity contribution in [3.8, 4) is 0 Å². The SMILES string of the molecule is CN=C(NCC(c1cccnc1)C(C)C)NCC(C)(C)c1cccs1. The first kappa shape index (κ1) is 19.4. The number of aliphatic imine (C=N–C) groups is 1. The Morgan fingerprint density at radius 1 is 1.24 bits per heavy atom. The highest BCUT2D eigenvalue weighted by Crippen LogP contribution is 2.26. The Hall–Kier alpha value is -1.88. The third-order valence-electron chi connectivity index (χ3n) is 4.52. The first-order valence-corrected chi connectivity index (χ1v) is 9.70. The molecular formula is C20H30N4S. The number of nitrogens with one attached hydrogen (secondary N) is 2. The minimum atomic E-state index is 0.0760. The van der Waals surface area contributed by atoms with E-state index in [-0.39, 0.29) is 5.41 Å². The predicted molar refractivity (Wildman–Crippen MR) is 109 cm³/mol. The molecule has 2 aromatic rings. The molecule has 0 saturated carbocycles. The minimum Gasteiger partial charge on any atom is -0.356 e. The highest BCUT2D eigenvalue weighted by Gasteiger charge is 2.22. The van der Waals surface area contributed by atoms with Crippen molar-refractivity contribution in [1.82, 2.24) is 15.6 Å². The van der Waals surface area contributed by atoms with Gasteiger partial charge in [-0.1, -0.05) is 39.8 Å². The average molecular weight is 359 g/mol. The maximum Gasteiger partial charge on any atom is 0.191 e. The first-order chi connectivity index (χ1) is 11.9. The van der Waals surface area contributed by atoms with Crippen molar-refractivity contribution in [2.45, 2.75) is 39.0 Å². The molecule has 25 heavy (non-hydrogen) atoms. The maximum atomic E-state index is 4.38. The van der Waals surface area contributed by atoms with Crippen LogP contribution in [0.25, 0.3) is 0 Å². The van der Waals surface area contributed by atoms with Crippen LogP contribution in [0, 0.1) is 5.92 Å². The quantitative estimate of drug-likeness (QED) is 0.580. The van der Waals surface area contributed by atoms with E-state index in [2.05, 4.69) is 71.9 Å². The molecule has 2 rings (SSSR count). The summed E-state index contributed by atoms with van der Waals surface area (Å²) >= 11 is 1.80. The summed E-state index contributed by atoms with van der Waals surface area (Å²) in [6.45, 7) is 10.7. The Morgan fingerprint density at radius 2 is 2.04 bits per heavy atom. The number of pyridine rings is 1. The molecule has 5 heteroatoms. The van der Waals surface area contributed by atoms with Gasteiger partial charge in [-0.3, -0.25) is 9.98 Å². The van der Waals surface area contributed by atoms with E-state index in [1.165, 1.54) is 10.4 Å². The van der Waals surface area contributed by atoms with E-state index in [0.29, 0.717) is 11.8 Å². The van der Waals surface area contributed by atoms with Gasteiger partial charge in [-0.25, -0.2) is 0 Å². The third kappa shape index (κ3) is 5.56. The Kier molecular flexibility index (Phi) is 7.00. The average Bonchev–Trinajstić information content (AvgIpc) is 3.14. The Labute approximate surface area is 155 Å². The summed E-state index contributed by atoms with van der Waals surface area (Å²) in [6, 6.07) is 8.45. The zero-order chi connectivity index (χ0) is 18.3. The number of hydrogen-bond acceptors (Lipinski definition) is 3. The lowest BCUT2D eigenvalue weighted by Crippen LogP contribution is -2.44. The number of nitrogens with zero attached hydrogens (tertiary/aromatic N) is 2. The summed E-state index contributed by atoms with van der Waals surface area (Å²) in [5.41, 5.74) is 1.34. The van der Waals surface area contributed by atoms with Crippen molar-refractivity contribution in [3.63, 3.8) is 0 Å². The number of guanidine groups is 1. The summed E-state index contributed by atoms with van der Waals surface area (Å²) in [6.07, 6.45) is 3.78. The van der Waals surface area contributed by atoms with E-state index in [9.17, 15) is 0 Å². The lowest BCUT2D eigenvalue weighted by atomic mass is 9.89. The lowest BCUT2D eigenvalue weighted by Gasteiger charge is -2.26. The second kappa shape index (κ2) is 8.99. The molecule has 2 N–H and O–H groups in total. The van der Waals surface area contributed by atoms with Gasteiger partial charge in [0.05, 0.1) is 0 Å². The largest absolute Gasteiger partial charge is 0.356 e. The van der Waals surface area contributed by atoms with Crippen molar-refractivity contribution in [2.24, 2.45) is 10.9 Å². The van der Waals surface area contributed by atoms with E-state index < -0.39 is 0 Å². The van der Waals surface area contributed by atoms with Gasteiger partial charge in [-0.15, -0.1) is 11.3 Å². The van der Waals surface area contributed by atoms with Crippen LogP contribution in [0.2, 0.25) is 0 Å². The van der Waals surface area contributed by atoms with Crippen LogP contribution in [0.15, 0.2) is 47.0 Å². The van der Waals surface area contributed by atoms with Crippen LogP contribution < -0.4 is 10.6 Å². The molecule has 0 aliphatic carbocycles. The van der Waals surface area contributed by atoms with Crippen LogP contribution >= 0.6 is 11.3 Å². The molecule has 0 aliphatic heterocycles. The number of rotatable bonds is 7. The topological polar surface area (TPSA) is 49.3 Å². The maximum absolute atomic E-state index is 4.38. The van der Waals surface area contributed by atoms with Crippen molar-refractivity contribution in [2.75, 3.05) is 20.1 Å². The number of thiophene rings is 1. The van der Waals surface area contributed by atoms with Gasteiger partial charge in [0.2, 0.25) is 0 Å². The molecular weight excluding hydrogens is 328 g/mol. The van der Waals surface area contributed by atoms with Crippen molar-refractivity contribution in [1.29, 1.82) is 0 Å². The fourth-order valence-electron chi connectivity index (χ4n) is 2.82. The number of hydrogen-bond donors (Lipinski definition) is 2. The van der Waals surface area contributed by atoms with Crippen LogP contribution in [0.3, 0.4) is 0 Å². The fourth-order valence-corrected chi connectivity index (χ4v) is 3.67. The summed E-state index contributed by atoms with van der Waals surface area (Å²) in [5, 5.41) is 9.09. The van der Waals surface area contributed by atoms with Gasteiger partial charge in [-0.2, -0.15) is 0 Å². The molecule has 4 nitrogen and oxygen atoms in total. The fraction of sp³-hybridized carbons (Fsp3) is 0.500. The van der Waals surface area contributed by atoms with Crippen LogP contribution in [0.5, 0.6) is 0 Å². The molecule has 0 aliphatic rings. The Bertz CT molecular complexity index is 648. The van der Waals surface area contributed by atoms with E-state index >= 15 is 0 Å². The second-order valence-electron chi connectivity index (χ2n) is 7.30. The third-order valence-corrected chi connectivity index (χ3v) is 5.75. The molecule has 1 unspecified atom stereocenters. The van der Waals surface area contributed by atoms with Crippen LogP contribution in [0.1, 0.15) is 44.1 Å². The Morgan fingerprint density at radius 3 is 2.60 bits per heavy atom. The normalized spacial score (nSPS) is 13.8. The van der Waals surface area contributed by atoms with Crippen molar-refractivity contribution in [3.05, 3.63) is 52.5 Å². The van der Waals surface area contributed by atoms with Gasteiger partial charge < -0.3 is 10.6 Å². The van der Waals surface area contributed by atoms with Gasteiger partial charge in [0, 0.05) is 48.7 Å². The van der Waals surface area contributed by atoms with E-state index in [4.69, 9.17) is 0 Å². The first-order valence-electron chi connectivity index (χ1n) is 8.82. The lowest BCUT2D eigenvalue weighted by molar-refractivity contribution is 0.480. The van der Waals surface area contributed by atoms with Gasteiger partial charge >= 0.3 is 0 Å². The summed E-state index contributed by atoms with van der Waals surface area (Å²) < 4.78 is 0.